The highest BCUT2D eigenvalue weighted by Crippen LogP contribution is 2.20. The molecule has 1 saturated heterocycles. The Morgan fingerprint density at radius 2 is 1.65 bits per heavy atom. The van der Waals surface area contributed by atoms with E-state index in [0.717, 1.165) is 55.0 Å². The minimum absolute atomic E-state index is 0.00462. The smallest absolute Gasteiger partial charge is 0.289 e. The molecule has 3 aromatic rings. The van der Waals surface area contributed by atoms with E-state index in [0.29, 0.717) is 18.5 Å². The number of aromatic amines is 1. The third-order valence-electron chi connectivity index (χ3n) is 8.44. The second kappa shape index (κ2) is 14.1. The van der Waals surface area contributed by atoms with Gasteiger partial charge in [-0.25, -0.2) is 0 Å². The molecular formula is C33H39N5O5. The van der Waals surface area contributed by atoms with Gasteiger partial charge < -0.3 is 26.3 Å². The molecule has 10 nitrogen and oxygen atoms in total. The molecule has 2 aromatic carbocycles. The lowest BCUT2D eigenvalue weighted by Gasteiger charge is -2.28. The molecule has 10 heteroatoms. The van der Waals surface area contributed by atoms with Gasteiger partial charge in [-0.15, -0.1) is 0 Å². The predicted molar refractivity (Wildman–Crippen MR) is 162 cm³/mol. The standard InChI is InChI=1S/C33H39N5O5/c39-29(33(43)36-25-11-5-2-6-12-25)27(20-23-10-7-16-35-30(23)40)37-32(42)28(18-21-8-3-1-4-9-21)38-31(41)24-13-14-26-22(19-24)15-17-34-26/h1,3-4,8-9,13-15,17,19,23,25,27-28,34H,2,5-7,10-12,16,18,20H2,(H,35,40)(H,36,43)(H,37,42)(H,38,41)/t23-,27-,28-/m0/s1. The zero-order valence-electron chi connectivity index (χ0n) is 24.2. The van der Waals surface area contributed by atoms with Crippen molar-refractivity contribution in [1.29, 1.82) is 0 Å². The highest BCUT2D eigenvalue weighted by Gasteiger charge is 2.35. The third-order valence-corrected chi connectivity index (χ3v) is 8.44. The van der Waals surface area contributed by atoms with Crippen LogP contribution in [0.5, 0.6) is 0 Å². The lowest BCUT2D eigenvalue weighted by Crippen LogP contribution is -2.56. The summed E-state index contributed by atoms with van der Waals surface area (Å²) in [5.74, 6) is -3.28. The molecule has 2 fully saturated rings. The van der Waals surface area contributed by atoms with Crippen LogP contribution in [-0.4, -0.2) is 59.1 Å². The Morgan fingerprint density at radius 1 is 0.860 bits per heavy atom. The van der Waals surface area contributed by atoms with Gasteiger partial charge in [-0.3, -0.25) is 24.0 Å². The number of fused-ring (bicyclic) bond motifs is 1. The molecular weight excluding hydrogens is 546 g/mol. The molecule has 3 atom stereocenters. The Morgan fingerprint density at radius 3 is 2.42 bits per heavy atom. The number of amides is 4. The second-order valence-corrected chi connectivity index (χ2v) is 11.6. The highest BCUT2D eigenvalue weighted by atomic mass is 16.2. The average Bonchev–Trinajstić information content (AvgIpc) is 3.50. The number of piperidine rings is 1. The zero-order valence-corrected chi connectivity index (χ0v) is 24.2. The molecule has 2 aliphatic rings. The molecule has 0 unspecified atom stereocenters. The maximum Gasteiger partial charge on any atom is 0.289 e. The Hall–Kier alpha value is -4.47. The summed E-state index contributed by atoms with van der Waals surface area (Å²) in [5.41, 5.74) is 2.08. The lowest BCUT2D eigenvalue weighted by atomic mass is 9.89. The van der Waals surface area contributed by atoms with Gasteiger partial charge in [0.2, 0.25) is 17.6 Å². The van der Waals surface area contributed by atoms with Crippen LogP contribution in [0.15, 0.2) is 60.8 Å². The molecule has 4 amide bonds. The second-order valence-electron chi connectivity index (χ2n) is 11.6. The normalized spacial score (nSPS) is 18.7. The summed E-state index contributed by atoms with van der Waals surface area (Å²) in [4.78, 5) is 69.4. The van der Waals surface area contributed by atoms with E-state index in [1.54, 1.807) is 24.4 Å². The van der Waals surface area contributed by atoms with Crippen LogP contribution < -0.4 is 21.3 Å². The van der Waals surface area contributed by atoms with Gasteiger partial charge in [-0.1, -0.05) is 49.6 Å². The van der Waals surface area contributed by atoms with E-state index < -0.39 is 41.5 Å². The highest BCUT2D eigenvalue weighted by molar-refractivity contribution is 6.38. The molecule has 0 spiro atoms. The Kier molecular flexibility index (Phi) is 9.86. The number of carbonyl (C=O) groups is 5. The quantitative estimate of drug-likeness (QED) is 0.219. The minimum atomic E-state index is -1.21. The summed E-state index contributed by atoms with van der Waals surface area (Å²) in [6, 6.07) is 14.0. The van der Waals surface area contributed by atoms with Gasteiger partial charge in [-0.05, 0) is 61.9 Å². The summed E-state index contributed by atoms with van der Waals surface area (Å²) in [6.45, 7) is 0.558. The number of H-pyrrole nitrogens is 1. The van der Waals surface area contributed by atoms with Crippen LogP contribution in [0.25, 0.3) is 10.9 Å². The number of hydrogen-bond donors (Lipinski definition) is 5. The number of ketones is 1. The summed E-state index contributed by atoms with van der Waals surface area (Å²) in [6.07, 6.45) is 7.95. The van der Waals surface area contributed by atoms with Crippen molar-refractivity contribution in [3.63, 3.8) is 0 Å². The number of Topliss-reactive ketones (excluding diaryl/α,β-unsaturated/α-hetero) is 1. The monoisotopic (exact) mass is 585 g/mol. The topological polar surface area (TPSA) is 149 Å². The summed E-state index contributed by atoms with van der Waals surface area (Å²) in [5, 5.41) is 12.1. The van der Waals surface area contributed by atoms with Crippen molar-refractivity contribution >= 4 is 40.3 Å². The Labute approximate surface area is 250 Å². The molecule has 0 radical (unpaired) electrons. The Bertz CT molecular complexity index is 1460. The molecule has 43 heavy (non-hydrogen) atoms. The van der Waals surface area contributed by atoms with Crippen molar-refractivity contribution in [2.75, 3.05) is 6.54 Å². The van der Waals surface area contributed by atoms with Crippen molar-refractivity contribution in [3.8, 4) is 0 Å². The molecule has 5 N–H and O–H groups in total. The first-order valence-corrected chi connectivity index (χ1v) is 15.2. The van der Waals surface area contributed by atoms with E-state index in [1.165, 1.54) is 0 Å². The number of hydrogen-bond acceptors (Lipinski definition) is 5. The third kappa shape index (κ3) is 7.88. The molecule has 0 bridgehead atoms. The first-order valence-electron chi connectivity index (χ1n) is 15.2. The molecule has 1 aliphatic heterocycles. The van der Waals surface area contributed by atoms with Crippen LogP contribution in [-0.2, 0) is 25.6 Å². The number of benzene rings is 2. The SMILES string of the molecule is O=C(NC1CCCCC1)C(=O)[C@H](C[C@@H]1CCCNC1=O)NC(=O)[C@H](Cc1ccccc1)NC(=O)c1ccc2[nH]ccc2c1. The number of aromatic nitrogens is 1. The van der Waals surface area contributed by atoms with Crippen molar-refractivity contribution < 1.29 is 24.0 Å². The maximum absolute atomic E-state index is 13.8. The first kappa shape index (κ1) is 30.0. The fourth-order valence-corrected chi connectivity index (χ4v) is 6.01. The van der Waals surface area contributed by atoms with Crippen LogP contribution in [0.1, 0.15) is 67.3 Å². The van der Waals surface area contributed by atoms with Crippen LogP contribution in [0, 0.1) is 5.92 Å². The van der Waals surface area contributed by atoms with Crippen molar-refractivity contribution in [1.82, 2.24) is 26.3 Å². The molecule has 226 valence electrons. The van der Waals surface area contributed by atoms with Gasteiger partial charge in [0.1, 0.15) is 6.04 Å². The summed E-state index contributed by atoms with van der Waals surface area (Å²) < 4.78 is 0. The molecule has 2 heterocycles. The van der Waals surface area contributed by atoms with E-state index in [2.05, 4.69) is 26.3 Å². The van der Waals surface area contributed by atoms with Crippen LogP contribution >= 0.6 is 0 Å². The van der Waals surface area contributed by atoms with Crippen molar-refractivity contribution in [2.45, 2.75) is 75.9 Å². The number of carbonyl (C=O) groups excluding carboxylic acids is 5. The van der Waals surface area contributed by atoms with Gasteiger partial charge in [0.15, 0.2) is 0 Å². The average molecular weight is 586 g/mol. The van der Waals surface area contributed by atoms with E-state index in [9.17, 15) is 24.0 Å². The van der Waals surface area contributed by atoms with E-state index >= 15 is 0 Å². The Balaban J connectivity index is 1.35. The van der Waals surface area contributed by atoms with Crippen molar-refractivity contribution in [2.24, 2.45) is 5.92 Å². The number of nitrogens with one attached hydrogen (secondary N) is 5. The number of rotatable bonds is 11. The fourth-order valence-electron chi connectivity index (χ4n) is 6.01. The predicted octanol–water partition coefficient (Wildman–Crippen LogP) is 2.93. The molecule has 5 rings (SSSR count). The van der Waals surface area contributed by atoms with Gasteiger partial charge in [0.25, 0.3) is 11.8 Å². The summed E-state index contributed by atoms with van der Waals surface area (Å²) in [7, 11) is 0. The van der Waals surface area contributed by atoms with Crippen LogP contribution in [0.2, 0.25) is 0 Å². The molecule has 1 aliphatic carbocycles. The van der Waals surface area contributed by atoms with E-state index in [4.69, 9.17) is 0 Å². The van der Waals surface area contributed by atoms with Crippen LogP contribution in [0.3, 0.4) is 0 Å². The van der Waals surface area contributed by atoms with Crippen LogP contribution in [0.4, 0.5) is 0 Å². The molecule has 1 aromatic heterocycles. The lowest BCUT2D eigenvalue weighted by molar-refractivity contribution is -0.141. The molecule has 1 saturated carbocycles. The van der Waals surface area contributed by atoms with E-state index in [-0.39, 0.29) is 24.8 Å². The fraction of sp³-hybridized carbons (Fsp3) is 0.424. The van der Waals surface area contributed by atoms with Gasteiger partial charge in [0, 0.05) is 47.6 Å². The van der Waals surface area contributed by atoms with Crippen molar-refractivity contribution in [3.05, 3.63) is 71.9 Å². The first-order chi connectivity index (χ1) is 20.9. The largest absolute Gasteiger partial charge is 0.361 e. The van der Waals surface area contributed by atoms with E-state index in [1.807, 2.05) is 36.4 Å². The van der Waals surface area contributed by atoms with Gasteiger partial charge >= 0.3 is 0 Å². The van der Waals surface area contributed by atoms with Gasteiger partial charge in [-0.2, -0.15) is 0 Å². The summed E-state index contributed by atoms with van der Waals surface area (Å²) >= 11 is 0. The van der Waals surface area contributed by atoms with Gasteiger partial charge in [0.05, 0.1) is 6.04 Å². The minimum Gasteiger partial charge on any atom is -0.361 e. The zero-order chi connectivity index (χ0) is 30.2. The maximum atomic E-state index is 13.8.